The van der Waals surface area contributed by atoms with Crippen molar-refractivity contribution in [2.45, 2.75) is 38.0 Å². The molecule has 0 aromatic heterocycles. The van der Waals surface area contributed by atoms with Crippen LogP contribution in [0.25, 0.3) is 0 Å². The molecule has 1 aliphatic carbocycles. The second-order valence-corrected chi connectivity index (χ2v) is 5.54. The molecule has 0 amide bonds. The molecule has 0 aliphatic heterocycles. The molecule has 16 heavy (non-hydrogen) atoms. The van der Waals surface area contributed by atoms with Gasteiger partial charge in [-0.3, -0.25) is 0 Å². The molecule has 2 rings (SSSR count). The van der Waals surface area contributed by atoms with E-state index in [9.17, 15) is 5.11 Å². The molecule has 0 heterocycles. The summed E-state index contributed by atoms with van der Waals surface area (Å²) < 4.78 is 1.19. The Morgan fingerprint density at radius 1 is 1.25 bits per heavy atom. The molecule has 1 nitrogen and oxygen atoms in total. The van der Waals surface area contributed by atoms with E-state index >= 15 is 0 Å². The quantitative estimate of drug-likeness (QED) is 0.881. The standard InChI is InChI=1S/C14H19BrO/c15-14-8-4-3-7-13(14)12(9-10-16)11-5-1-2-6-11/h3-4,7-8,11-12,16H,1-2,5-6,9-10H2. The highest BCUT2D eigenvalue weighted by Crippen LogP contribution is 2.41. The Balaban J connectivity index is 2.21. The van der Waals surface area contributed by atoms with Crippen LogP contribution in [0.1, 0.15) is 43.6 Å². The number of rotatable bonds is 4. The van der Waals surface area contributed by atoms with Gasteiger partial charge in [0.15, 0.2) is 0 Å². The maximum Gasteiger partial charge on any atom is 0.0436 e. The zero-order valence-corrected chi connectivity index (χ0v) is 11.1. The maximum atomic E-state index is 9.23. The molecule has 88 valence electrons. The number of hydrogen-bond acceptors (Lipinski definition) is 1. The Kier molecular flexibility index (Phi) is 4.42. The van der Waals surface area contributed by atoms with Gasteiger partial charge in [-0.05, 0) is 42.7 Å². The van der Waals surface area contributed by atoms with Crippen LogP contribution in [0.5, 0.6) is 0 Å². The van der Waals surface area contributed by atoms with Gasteiger partial charge in [-0.15, -0.1) is 0 Å². The summed E-state index contributed by atoms with van der Waals surface area (Å²) in [5.41, 5.74) is 1.38. The first-order chi connectivity index (χ1) is 7.83. The largest absolute Gasteiger partial charge is 0.396 e. The summed E-state index contributed by atoms with van der Waals surface area (Å²) in [4.78, 5) is 0. The number of aliphatic hydroxyl groups is 1. The van der Waals surface area contributed by atoms with E-state index in [0.717, 1.165) is 12.3 Å². The second kappa shape index (κ2) is 5.83. The smallest absolute Gasteiger partial charge is 0.0436 e. The maximum absolute atomic E-state index is 9.23. The van der Waals surface area contributed by atoms with Gasteiger partial charge < -0.3 is 5.11 Å². The minimum atomic E-state index is 0.294. The Morgan fingerprint density at radius 3 is 2.56 bits per heavy atom. The predicted molar refractivity (Wildman–Crippen MR) is 70.5 cm³/mol. The van der Waals surface area contributed by atoms with E-state index in [0.29, 0.717) is 12.5 Å². The fraction of sp³-hybridized carbons (Fsp3) is 0.571. The first kappa shape index (κ1) is 12.1. The SMILES string of the molecule is OCCC(c1ccccc1Br)C1CCCC1. The van der Waals surface area contributed by atoms with Gasteiger partial charge in [0.25, 0.3) is 0 Å². The van der Waals surface area contributed by atoms with Crippen molar-refractivity contribution < 1.29 is 5.11 Å². The minimum absolute atomic E-state index is 0.294. The van der Waals surface area contributed by atoms with Gasteiger partial charge in [-0.25, -0.2) is 0 Å². The summed E-state index contributed by atoms with van der Waals surface area (Å²) in [6.07, 6.45) is 6.26. The van der Waals surface area contributed by atoms with Crippen LogP contribution in [0.15, 0.2) is 28.7 Å². The first-order valence-corrected chi connectivity index (χ1v) is 6.97. The Bertz CT molecular complexity index is 331. The third-order valence-electron chi connectivity index (χ3n) is 3.71. The lowest BCUT2D eigenvalue weighted by Gasteiger charge is -2.24. The monoisotopic (exact) mass is 282 g/mol. The Hall–Kier alpha value is -0.340. The topological polar surface area (TPSA) is 20.2 Å². The molecule has 0 bridgehead atoms. The van der Waals surface area contributed by atoms with Crippen molar-refractivity contribution in [3.05, 3.63) is 34.3 Å². The molecular formula is C14H19BrO. The summed E-state index contributed by atoms with van der Waals surface area (Å²) in [6, 6.07) is 8.45. The van der Waals surface area contributed by atoms with Crippen molar-refractivity contribution in [2.24, 2.45) is 5.92 Å². The zero-order chi connectivity index (χ0) is 11.4. The third kappa shape index (κ3) is 2.67. The van der Waals surface area contributed by atoms with Crippen LogP contribution in [0.4, 0.5) is 0 Å². The molecule has 1 aliphatic rings. The van der Waals surface area contributed by atoms with Crippen LogP contribution in [0, 0.1) is 5.92 Å². The van der Waals surface area contributed by atoms with Gasteiger partial charge in [0.1, 0.15) is 0 Å². The number of halogens is 1. The van der Waals surface area contributed by atoms with Gasteiger partial charge >= 0.3 is 0 Å². The molecule has 0 radical (unpaired) electrons. The van der Waals surface area contributed by atoms with E-state index in [1.54, 1.807) is 0 Å². The molecule has 1 aromatic rings. The van der Waals surface area contributed by atoms with Crippen molar-refractivity contribution in [3.63, 3.8) is 0 Å². The van der Waals surface area contributed by atoms with Gasteiger partial charge in [0.2, 0.25) is 0 Å². The van der Waals surface area contributed by atoms with E-state index in [1.807, 2.05) is 0 Å². The highest BCUT2D eigenvalue weighted by Gasteiger charge is 2.26. The molecule has 1 aromatic carbocycles. The molecular weight excluding hydrogens is 264 g/mol. The molecule has 0 saturated heterocycles. The minimum Gasteiger partial charge on any atom is -0.396 e. The van der Waals surface area contributed by atoms with E-state index < -0.39 is 0 Å². The number of benzene rings is 1. The molecule has 1 fully saturated rings. The highest BCUT2D eigenvalue weighted by atomic mass is 79.9. The predicted octanol–water partition coefficient (Wildman–Crippen LogP) is 4.11. The van der Waals surface area contributed by atoms with Gasteiger partial charge in [0, 0.05) is 11.1 Å². The average molecular weight is 283 g/mol. The van der Waals surface area contributed by atoms with Crippen LogP contribution in [-0.2, 0) is 0 Å². The van der Waals surface area contributed by atoms with Gasteiger partial charge in [-0.1, -0.05) is 47.0 Å². The average Bonchev–Trinajstić information content (AvgIpc) is 2.80. The number of hydrogen-bond donors (Lipinski definition) is 1. The summed E-state index contributed by atoms with van der Waals surface area (Å²) >= 11 is 3.63. The van der Waals surface area contributed by atoms with E-state index in [4.69, 9.17) is 0 Å². The summed E-state index contributed by atoms with van der Waals surface area (Å²) in [5.74, 6) is 1.30. The second-order valence-electron chi connectivity index (χ2n) is 4.68. The fourth-order valence-electron chi connectivity index (χ4n) is 2.92. The molecule has 1 atom stereocenters. The van der Waals surface area contributed by atoms with Crippen LogP contribution < -0.4 is 0 Å². The Morgan fingerprint density at radius 2 is 1.94 bits per heavy atom. The van der Waals surface area contributed by atoms with Gasteiger partial charge in [-0.2, -0.15) is 0 Å². The number of aliphatic hydroxyl groups excluding tert-OH is 1. The van der Waals surface area contributed by atoms with Crippen LogP contribution in [0.2, 0.25) is 0 Å². The lowest BCUT2D eigenvalue weighted by atomic mass is 9.83. The van der Waals surface area contributed by atoms with Crippen molar-refractivity contribution in [3.8, 4) is 0 Å². The van der Waals surface area contributed by atoms with E-state index in [1.165, 1.54) is 35.7 Å². The lowest BCUT2D eigenvalue weighted by Crippen LogP contribution is -2.12. The third-order valence-corrected chi connectivity index (χ3v) is 4.44. The lowest BCUT2D eigenvalue weighted by molar-refractivity contribution is 0.254. The normalized spacial score (nSPS) is 18.9. The molecule has 0 spiro atoms. The van der Waals surface area contributed by atoms with Crippen molar-refractivity contribution in [1.29, 1.82) is 0 Å². The van der Waals surface area contributed by atoms with E-state index in [-0.39, 0.29) is 0 Å². The highest BCUT2D eigenvalue weighted by molar-refractivity contribution is 9.10. The first-order valence-electron chi connectivity index (χ1n) is 6.18. The summed E-state index contributed by atoms with van der Waals surface area (Å²) in [7, 11) is 0. The summed E-state index contributed by atoms with van der Waals surface area (Å²) in [5, 5.41) is 9.23. The van der Waals surface area contributed by atoms with Crippen LogP contribution in [-0.4, -0.2) is 11.7 Å². The van der Waals surface area contributed by atoms with Crippen molar-refractivity contribution in [2.75, 3.05) is 6.61 Å². The summed E-state index contributed by atoms with van der Waals surface area (Å²) in [6.45, 7) is 0.294. The van der Waals surface area contributed by atoms with Gasteiger partial charge in [0.05, 0.1) is 0 Å². The van der Waals surface area contributed by atoms with Crippen LogP contribution >= 0.6 is 15.9 Å². The molecule has 1 unspecified atom stereocenters. The van der Waals surface area contributed by atoms with Crippen molar-refractivity contribution >= 4 is 15.9 Å². The van der Waals surface area contributed by atoms with Crippen LogP contribution in [0.3, 0.4) is 0 Å². The fourth-order valence-corrected chi connectivity index (χ4v) is 3.50. The van der Waals surface area contributed by atoms with Crippen molar-refractivity contribution in [1.82, 2.24) is 0 Å². The molecule has 1 N–H and O–H groups in total. The molecule has 1 saturated carbocycles. The zero-order valence-electron chi connectivity index (χ0n) is 9.53. The van der Waals surface area contributed by atoms with E-state index in [2.05, 4.69) is 40.2 Å². The Labute approximate surface area is 106 Å². The molecule has 2 heteroatoms.